The van der Waals surface area contributed by atoms with Crippen molar-refractivity contribution >= 4 is 22.7 Å². The van der Waals surface area contributed by atoms with Gasteiger partial charge in [0, 0.05) is 12.1 Å². The summed E-state index contributed by atoms with van der Waals surface area (Å²) in [6.45, 7) is 3.72. The fraction of sp³-hybridized carbons (Fsp3) is 0.222. The summed E-state index contributed by atoms with van der Waals surface area (Å²) in [5.74, 6) is 0.0957. The van der Waals surface area contributed by atoms with Crippen LogP contribution in [0.1, 0.15) is 25.3 Å². The van der Waals surface area contributed by atoms with E-state index in [9.17, 15) is 18.6 Å². The third kappa shape index (κ3) is 3.15. The van der Waals surface area contributed by atoms with Crippen LogP contribution in [-0.4, -0.2) is 39.6 Å². The Morgan fingerprint density at radius 3 is 2.52 bits per heavy atom. The number of hydrogen-bond acceptors (Lipinski definition) is 9. The predicted molar refractivity (Wildman–Crippen MR) is 105 cm³/mol. The van der Waals surface area contributed by atoms with E-state index in [1.165, 1.54) is 24.3 Å². The molecule has 0 amide bonds. The Morgan fingerprint density at radius 1 is 1.07 bits per heavy atom. The van der Waals surface area contributed by atoms with Gasteiger partial charge < -0.3 is 19.7 Å². The number of aromatic nitrogens is 3. The summed E-state index contributed by atoms with van der Waals surface area (Å²) in [6.07, 6.45) is 0. The molecule has 2 heterocycles. The van der Waals surface area contributed by atoms with Crippen LogP contribution in [0.2, 0.25) is 0 Å². The highest BCUT2D eigenvalue weighted by molar-refractivity contribution is 7.90. The first kappa shape index (κ1) is 19.4. The average molecular weight is 435 g/mol. The minimum absolute atomic E-state index is 0.00783. The fourth-order valence-corrected chi connectivity index (χ4v) is 4.81. The third-order valence-corrected chi connectivity index (χ3v) is 6.60. The zero-order valence-electron chi connectivity index (χ0n) is 15.4. The maximum atomic E-state index is 13.3. The van der Waals surface area contributed by atoms with E-state index in [1.54, 1.807) is 0 Å². The smallest absolute Gasteiger partial charge is 0.271 e. The molecule has 1 aromatic heterocycles. The largest absolute Gasteiger partial charge is 0.508 e. The van der Waals surface area contributed by atoms with E-state index in [2.05, 4.69) is 22.8 Å². The number of thiol groups is 1. The van der Waals surface area contributed by atoms with Gasteiger partial charge in [-0.15, -0.1) is 22.8 Å². The van der Waals surface area contributed by atoms with Gasteiger partial charge in [-0.2, -0.15) is 3.97 Å². The lowest BCUT2D eigenvalue weighted by atomic mass is 9.98. The van der Waals surface area contributed by atoms with E-state index < -0.39 is 10.0 Å². The quantitative estimate of drug-likeness (QED) is 0.535. The SMILES string of the molecule is CC(C)c1cc(-c2nnc(S)n2S(=O)(=O)c2ccc3c(c2)OCO3)c(O)cc1O. The van der Waals surface area contributed by atoms with Gasteiger partial charge in [-0.25, -0.2) is 8.42 Å². The van der Waals surface area contributed by atoms with Crippen LogP contribution in [0.15, 0.2) is 40.4 Å². The van der Waals surface area contributed by atoms with Crippen molar-refractivity contribution in [2.45, 2.75) is 29.8 Å². The van der Waals surface area contributed by atoms with E-state index >= 15 is 0 Å². The topological polar surface area (TPSA) is 124 Å². The molecule has 3 aromatic rings. The molecule has 2 aromatic carbocycles. The molecule has 11 heteroatoms. The van der Waals surface area contributed by atoms with Gasteiger partial charge in [-0.05, 0) is 29.7 Å². The Kier molecular flexibility index (Phi) is 4.58. The van der Waals surface area contributed by atoms with Gasteiger partial charge in [0.2, 0.25) is 11.9 Å². The minimum Gasteiger partial charge on any atom is -0.508 e. The van der Waals surface area contributed by atoms with Gasteiger partial charge in [0.05, 0.1) is 10.5 Å². The van der Waals surface area contributed by atoms with Crippen LogP contribution in [0.25, 0.3) is 11.4 Å². The third-order valence-electron chi connectivity index (χ3n) is 4.50. The fourth-order valence-electron chi connectivity index (χ4n) is 3.03. The molecule has 0 atom stereocenters. The van der Waals surface area contributed by atoms with Gasteiger partial charge in [0.15, 0.2) is 17.3 Å². The van der Waals surface area contributed by atoms with Gasteiger partial charge >= 0.3 is 0 Å². The highest BCUT2D eigenvalue weighted by Crippen LogP contribution is 2.39. The standard InChI is InChI=1S/C18H17N3O6S2/c1-9(2)11-6-12(14(23)7-13(11)22)17-19-20-18(28)21(17)29(24,25)10-3-4-15-16(5-10)27-8-26-15/h3-7,9,22-23H,8H2,1-2H3,(H,20,28). The first-order chi connectivity index (χ1) is 13.7. The Morgan fingerprint density at radius 2 is 1.79 bits per heavy atom. The maximum absolute atomic E-state index is 13.3. The van der Waals surface area contributed by atoms with E-state index in [1.807, 2.05) is 13.8 Å². The second kappa shape index (κ2) is 6.85. The first-order valence-electron chi connectivity index (χ1n) is 8.56. The second-order valence-electron chi connectivity index (χ2n) is 6.69. The number of nitrogens with zero attached hydrogens (tertiary/aromatic N) is 3. The lowest BCUT2D eigenvalue weighted by molar-refractivity contribution is 0.174. The number of aromatic hydroxyl groups is 2. The van der Waals surface area contributed by atoms with Crippen molar-refractivity contribution in [1.29, 1.82) is 0 Å². The molecule has 0 unspecified atom stereocenters. The highest BCUT2D eigenvalue weighted by atomic mass is 32.2. The Hall–Kier alpha value is -2.92. The molecule has 1 aliphatic rings. The van der Waals surface area contributed by atoms with Crippen molar-refractivity contribution in [3.05, 3.63) is 35.9 Å². The molecule has 0 bridgehead atoms. The number of rotatable bonds is 4. The number of phenolic OH excluding ortho intramolecular Hbond substituents is 2. The van der Waals surface area contributed by atoms with Crippen LogP contribution >= 0.6 is 12.6 Å². The van der Waals surface area contributed by atoms with Gasteiger partial charge in [-0.1, -0.05) is 13.8 Å². The minimum atomic E-state index is -4.18. The van der Waals surface area contributed by atoms with Crippen LogP contribution < -0.4 is 9.47 Å². The van der Waals surface area contributed by atoms with E-state index in [-0.39, 0.29) is 45.6 Å². The normalized spacial score (nSPS) is 13.2. The first-order valence-corrected chi connectivity index (χ1v) is 10.4. The molecule has 0 saturated heterocycles. The van der Waals surface area contributed by atoms with E-state index in [0.717, 1.165) is 10.0 Å². The van der Waals surface area contributed by atoms with Crippen LogP contribution in [0.5, 0.6) is 23.0 Å². The summed E-state index contributed by atoms with van der Waals surface area (Å²) in [6, 6.07) is 6.83. The summed E-state index contributed by atoms with van der Waals surface area (Å²) < 4.78 is 37.9. The summed E-state index contributed by atoms with van der Waals surface area (Å²) in [5.41, 5.74) is 0.622. The molecule has 1 aliphatic heterocycles. The molecule has 0 spiro atoms. The summed E-state index contributed by atoms with van der Waals surface area (Å²) in [4.78, 5) is -0.0829. The number of fused-ring (bicyclic) bond motifs is 1. The molecular weight excluding hydrogens is 418 g/mol. The van der Waals surface area contributed by atoms with E-state index in [0.29, 0.717) is 17.1 Å². The molecule has 2 N–H and O–H groups in total. The molecular formula is C18H17N3O6S2. The lowest BCUT2D eigenvalue weighted by Gasteiger charge is -2.14. The molecule has 152 valence electrons. The predicted octanol–water partition coefficient (Wildman–Crippen LogP) is 2.73. The van der Waals surface area contributed by atoms with Crippen molar-refractivity contribution in [2.75, 3.05) is 6.79 Å². The summed E-state index contributed by atoms with van der Waals surface area (Å²) >= 11 is 4.14. The lowest BCUT2D eigenvalue weighted by Crippen LogP contribution is -2.15. The Labute approximate surface area is 172 Å². The number of ether oxygens (including phenoxy) is 2. The van der Waals surface area contributed by atoms with Crippen molar-refractivity contribution in [3.63, 3.8) is 0 Å². The molecule has 0 saturated carbocycles. The second-order valence-corrected chi connectivity index (χ2v) is 8.88. The zero-order chi connectivity index (χ0) is 20.9. The monoisotopic (exact) mass is 435 g/mol. The molecule has 4 rings (SSSR count). The Balaban J connectivity index is 1.90. The molecule has 0 radical (unpaired) electrons. The molecule has 0 fully saturated rings. The molecule has 9 nitrogen and oxygen atoms in total. The number of benzene rings is 2. The van der Waals surface area contributed by atoms with Gasteiger partial charge in [0.1, 0.15) is 11.5 Å². The highest BCUT2D eigenvalue weighted by Gasteiger charge is 2.29. The van der Waals surface area contributed by atoms with Gasteiger partial charge in [-0.3, -0.25) is 0 Å². The van der Waals surface area contributed by atoms with E-state index in [4.69, 9.17) is 9.47 Å². The zero-order valence-corrected chi connectivity index (χ0v) is 17.1. The summed E-state index contributed by atoms with van der Waals surface area (Å²) in [7, 11) is -4.18. The Bertz CT molecular complexity index is 1220. The van der Waals surface area contributed by atoms with Crippen molar-refractivity contribution < 1.29 is 28.1 Å². The maximum Gasteiger partial charge on any atom is 0.271 e. The van der Waals surface area contributed by atoms with Crippen LogP contribution in [0.4, 0.5) is 0 Å². The summed E-state index contributed by atoms with van der Waals surface area (Å²) in [5, 5.41) is 27.9. The average Bonchev–Trinajstić information content (AvgIpc) is 3.27. The van der Waals surface area contributed by atoms with Gasteiger partial charge in [0.25, 0.3) is 10.0 Å². The van der Waals surface area contributed by atoms with Crippen molar-refractivity contribution in [1.82, 2.24) is 14.2 Å². The number of phenols is 2. The van der Waals surface area contributed by atoms with Crippen LogP contribution in [-0.2, 0) is 10.0 Å². The van der Waals surface area contributed by atoms with Crippen LogP contribution in [0.3, 0.4) is 0 Å². The number of hydrogen-bond donors (Lipinski definition) is 3. The van der Waals surface area contributed by atoms with Crippen molar-refractivity contribution in [2.24, 2.45) is 0 Å². The van der Waals surface area contributed by atoms with Crippen molar-refractivity contribution in [3.8, 4) is 34.4 Å². The van der Waals surface area contributed by atoms with Crippen LogP contribution in [0, 0.1) is 0 Å². The molecule has 0 aliphatic carbocycles. The molecule has 29 heavy (non-hydrogen) atoms.